The van der Waals surface area contributed by atoms with E-state index in [1.165, 1.54) is 6.07 Å². The van der Waals surface area contributed by atoms with Gasteiger partial charge in [0.05, 0.1) is 6.04 Å². The Labute approximate surface area is 157 Å². The van der Waals surface area contributed by atoms with E-state index in [0.717, 1.165) is 16.9 Å². The summed E-state index contributed by atoms with van der Waals surface area (Å²) in [5.74, 6) is 0.330. The van der Waals surface area contributed by atoms with Crippen molar-refractivity contribution in [2.45, 2.75) is 26.5 Å². The average Bonchev–Trinajstić information content (AvgIpc) is 2.67. The number of nitrogens with zero attached hydrogens (tertiary/aromatic N) is 1. The first-order valence-electron chi connectivity index (χ1n) is 8.65. The van der Waals surface area contributed by atoms with Gasteiger partial charge in [-0.3, -0.25) is 14.6 Å². The number of hydrogen-bond acceptors (Lipinski definition) is 4. The summed E-state index contributed by atoms with van der Waals surface area (Å²) in [6.07, 6.45) is 3.48. The monoisotopic (exact) mass is 363 g/mol. The summed E-state index contributed by atoms with van der Waals surface area (Å²) in [4.78, 5) is 30.9. The Balaban J connectivity index is 1.60. The molecular weight excluding hydrogens is 342 g/mol. The number of amides is 1. The first-order valence-corrected chi connectivity index (χ1v) is 8.65. The maximum atomic E-state index is 12.3. The van der Waals surface area contributed by atoms with E-state index in [9.17, 15) is 9.59 Å². The quantitative estimate of drug-likeness (QED) is 0.705. The molecule has 0 aliphatic carbocycles. The molecule has 2 aromatic heterocycles. The Morgan fingerprint density at radius 2 is 1.96 bits per heavy atom. The molecule has 3 aromatic rings. The van der Waals surface area contributed by atoms with Crippen LogP contribution in [0, 0.1) is 6.92 Å². The number of pyridine rings is 2. The Kier molecular flexibility index (Phi) is 5.66. The van der Waals surface area contributed by atoms with Crippen LogP contribution in [0.25, 0.3) is 0 Å². The smallest absolute Gasteiger partial charge is 0.260 e. The molecule has 27 heavy (non-hydrogen) atoms. The third-order valence-corrected chi connectivity index (χ3v) is 4.16. The van der Waals surface area contributed by atoms with Gasteiger partial charge in [-0.25, -0.2) is 0 Å². The number of nitrogens with one attached hydrogen (secondary N) is 2. The molecule has 0 fully saturated rings. The number of aromatic nitrogens is 2. The van der Waals surface area contributed by atoms with Gasteiger partial charge in [-0.2, -0.15) is 0 Å². The zero-order chi connectivity index (χ0) is 19.2. The van der Waals surface area contributed by atoms with Gasteiger partial charge in [-0.05, 0) is 49.7 Å². The maximum Gasteiger partial charge on any atom is 0.260 e. The number of H-pyrrole nitrogens is 1. The van der Waals surface area contributed by atoms with Gasteiger partial charge in [0.15, 0.2) is 0 Å². The molecule has 0 bridgehead atoms. The van der Waals surface area contributed by atoms with E-state index in [1.807, 2.05) is 43.3 Å². The number of hydrogen-bond donors (Lipinski definition) is 2. The van der Waals surface area contributed by atoms with Gasteiger partial charge < -0.3 is 15.0 Å². The molecule has 3 rings (SSSR count). The highest BCUT2D eigenvalue weighted by molar-refractivity contribution is 5.94. The van der Waals surface area contributed by atoms with Gasteiger partial charge in [-0.15, -0.1) is 0 Å². The second kappa shape index (κ2) is 8.31. The van der Waals surface area contributed by atoms with Crippen LogP contribution < -0.4 is 15.6 Å². The van der Waals surface area contributed by atoms with Crippen LogP contribution in [0.15, 0.2) is 65.7 Å². The van der Waals surface area contributed by atoms with Crippen LogP contribution in [-0.2, 0) is 6.61 Å². The van der Waals surface area contributed by atoms with Crippen molar-refractivity contribution in [1.82, 2.24) is 15.3 Å². The van der Waals surface area contributed by atoms with Gasteiger partial charge in [0.1, 0.15) is 17.9 Å². The Morgan fingerprint density at radius 3 is 2.63 bits per heavy atom. The molecule has 2 heterocycles. The van der Waals surface area contributed by atoms with Crippen LogP contribution in [0.3, 0.4) is 0 Å². The van der Waals surface area contributed by atoms with Crippen molar-refractivity contribution in [2.24, 2.45) is 0 Å². The zero-order valence-electron chi connectivity index (χ0n) is 15.2. The van der Waals surface area contributed by atoms with Crippen molar-refractivity contribution < 1.29 is 9.53 Å². The fourth-order valence-electron chi connectivity index (χ4n) is 2.61. The van der Waals surface area contributed by atoms with Crippen molar-refractivity contribution in [3.63, 3.8) is 0 Å². The van der Waals surface area contributed by atoms with E-state index in [-0.39, 0.29) is 17.2 Å². The minimum atomic E-state index is -0.402. The summed E-state index contributed by atoms with van der Waals surface area (Å²) in [7, 11) is 0. The molecule has 0 aliphatic rings. The van der Waals surface area contributed by atoms with Crippen LogP contribution in [0.4, 0.5) is 0 Å². The van der Waals surface area contributed by atoms with E-state index in [0.29, 0.717) is 12.3 Å². The summed E-state index contributed by atoms with van der Waals surface area (Å²) >= 11 is 0. The first kappa shape index (κ1) is 18.4. The summed E-state index contributed by atoms with van der Waals surface area (Å²) in [5.41, 5.74) is 2.33. The van der Waals surface area contributed by atoms with Crippen molar-refractivity contribution in [3.05, 3.63) is 93.7 Å². The lowest BCUT2D eigenvalue weighted by molar-refractivity contribution is 0.0938. The Morgan fingerprint density at radius 1 is 1.19 bits per heavy atom. The minimum Gasteiger partial charge on any atom is -0.489 e. The van der Waals surface area contributed by atoms with Crippen molar-refractivity contribution in [3.8, 4) is 5.75 Å². The molecule has 0 saturated carbocycles. The van der Waals surface area contributed by atoms with E-state index in [1.54, 1.807) is 25.4 Å². The number of carbonyl (C=O) groups excluding carboxylic acids is 1. The lowest BCUT2D eigenvalue weighted by atomic mass is 10.1. The van der Waals surface area contributed by atoms with Crippen molar-refractivity contribution in [2.75, 3.05) is 0 Å². The molecule has 2 N–H and O–H groups in total. The minimum absolute atomic E-state index is 0.101. The van der Waals surface area contributed by atoms with E-state index in [2.05, 4.69) is 15.3 Å². The molecule has 1 atom stereocenters. The highest BCUT2D eigenvalue weighted by Gasteiger charge is 2.14. The lowest BCUT2D eigenvalue weighted by Gasteiger charge is -2.15. The normalized spacial score (nSPS) is 11.6. The fourth-order valence-corrected chi connectivity index (χ4v) is 2.61. The maximum absolute atomic E-state index is 12.3. The molecule has 138 valence electrons. The summed E-state index contributed by atoms with van der Waals surface area (Å²) < 4.78 is 5.73. The number of aromatic amines is 1. The fraction of sp³-hybridized carbons (Fsp3) is 0.190. The van der Waals surface area contributed by atoms with E-state index >= 15 is 0 Å². The number of rotatable bonds is 6. The highest BCUT2D eigenvalue weighted by atomic mass is 16.5. The predicted octanol–water partition coefficient (Wildman–Crippen LogP) is 3.15. The number of benzene rings is 1. The summed E-state index contributed by atoms with van der Waals surface area (Å²) in [6.45, 7) is 4.07. The van der Waals surface area contributed by atoms with Gasteiger partial charge in [-0.1, -0.05) is 18.2 Å². The van der Waals surface area contributed by atoms with Crippen LogP contribution in [0.5, 0.6) is 5.75 Å². The van der Waals surface area contributed by atoms with Crippen molar-refractivity contribution >= 4 is 5.91 Å². The summed E-state index contributed by atoms with van der Waals surface area (Å²) in [6, 6.07) is 14.3. The molecule has 6 heteroatoms. The molecule has 1 aromatic carbocycles. The SMILES string of the molecule is Cc1ccc(C(=O)NC(C)c2ccc(OCc3cccnc3)cc2)c(=O)[nH]1. The zero-order valence-corrected chi connectivity index (χ0v) is 15.2. The van der Waals surface area contributed by atoms with Crippen LogP contribution >= 0.6 is 0 Å². The second-order valence-corrected chi connectivity index (χ2v) is 6.30. The van der Waals surface area contributed by atoms with Crippen LogP contribution in [-0.4, -0.2) is 15.9 Å². The molecule has 6 nitrogen and oxygen atoms in total. The van der Waals surface area contributed by atoms with E-state index < -0.39 is 5.91 Å². The van der Waals surface area contributed by atoms with Crippen LogP contribution in [0.1, 0.15) is 40.1 Å². The van der Waals surface area contributed by atoms with Crippen molar-refractivity contribution in [1.29, 1.82) is 0 Å². The number of aryl methyl sites for hydroxylation is 1. The molecule has 0 saturated heterocycles. The average molecular weight is 363 g/mol. The Hall–Kier alpha value is -3.41. The van der Waals surface area contributed by atoms with Gasteiger partial charge in [0, 0.05) is 23.7 Å². The van der Waals surface area contributed by atoms with E-state index in [4.69, 9.17) is 4.74 Å². The third-order valence-electron chi connectivity index (χ3n) is 4.16. The predicted molar refractivity (Wildman–Crippen MR) is 103 cm³/mol. The highest BCUT2D eigenvalue weighted by Crippen LogP contribution is 2.19. The molecule has 0 aliphatic heterocycles. The topological polar surface area (TPSA) is 84.1 Å². The standard InChI is InChI=1S/C21H21N3O3/c1-14-5-10-19(20(25)23-14)21(26)24-15(2)17-6-8-18(9-7-17)27-13-16-4-3-11-22-12-16/h3-12,15H,13H2,1-2H3,(H,23,25)(H,24,26). The molecular formula is C21H21N3O3. The third kappa shape index (κ3) is 4.82. The Bertz CT molecular complexity index is 966. The van der Waals surface area contributed by atoms with Gasteiger partial charge >= 0.3 is 0 Å². The largest absolute Gasteiger partial charge is 0.489 e. The number of ether oxygens (including phenoxy) is 1. The molecule has 1 amide bonds. The van der Waals surface area contributed by atoms with Gasteiger partial charge in [0.2, 0.25) is 0 Å². The van der Waals surface area contributed by atoms with Crippen LogP contribution in [0.2, 0.25) is 0 Å². The second-order valence-electron chi connectivity index (χ2n) is 6.30. The molecule has 0 radical (unpaired) electrons. The molecule has 0 spiro atoms. The molecule has 1 unspecified atom stereocenters. The number of carbonyl (C=O) groups is 1. The lowest BCUT2D eigenvalue weighted by Crippen LogP contribution is -2.31. The first-order chi connectivity index (χ1) is 13.0. The van der Waals surface area contributed by atoms with Gasteiger partial charge in [0.25, 0.3) is 11.5 Å². The summed E-state index contributed by atoms with van der Waals surface area (Å²) in [5, 5.41) is 2.84.